The first-order chi connectivity index (χ1) is 8.78. The van der Waals surface area contributed by atoms with E-state index in [4.69, 9.17) is 16.3 Å². The Morgan fingerprint density at radius 1 is 1.22 bits per heavy atom. The predicted molar refractivity (Wildman–Crippen MR) is 76.4 cm³/mol. The minimum absolute atomic E-state index is 0.759. The molecule has 0 unspecified atom stereocenters. The van der Waals surface area contributed by atoms with Crippen molar-refractivity contribution in [1.82, 2.24) is 4.90 Å². The van der Waals surface area contributed by atoms with Gasteiger partial charge in [-0.1, -0.05) is 18.5 Å². The summed E-state index contributed by atoms with van der Waals surface area (Å²) < 4.78 is 5.74. The first-order valence-electron chi connectivity index (χ1n) is 6.88. The number of piperidine rings is 1. The normalized spacial score (nSPS) is 17.9. The summed E-state index contributed by atoms with van der Waals surface area (Å²) in [6.07, 6.45) is 3.80. The van der Waals surface area contributed by atoms with Gasteiger partial charge in [0, 0.05) is 5.02 Å². The summed E-state index contributed by atoms with van der Waals surface area (Å²) >= 11 is 5.83. The summed E-state index contributed by atoms with van der Waals surface area (Å²) in [6, 6.07) is 7.61. The smallest absolute Gasteiger partial charge is 0.119 e. The van der Waals surface area contributed by atoms with Crippen LogP contribution in [0.5, 0.6) is 5.75 Å². The molecule has 1 aliphatic rings. The van der Waals surface area contributed by atoms with Crippen LogP contribution in [0.4, 0.5) is 0 Å². The molecule has 1 saturated heterocycles. The van der Waals surface area contributed by atoms with Crippen LogP contribution in [0.15, 0.2) is 24.3 Å². The Bertz CT molecular complexity index is 344. The van der Waals surface area contributed by atoms with Gasteiger partial charge in [-0.2, -0.15) is 0 Å². The Morgan fingerprint density at radius 2 is 1.89 bits per heavy atom. The van der Waals surface area contributed by atoms with Crippen LogP contribution in [0.3, 0.4) is 0 Å². The summed E-state index contributed by atoms with van der Waals surface area (Å²) in [5.41, 5.74) is 0. The molecule has 1 aromatic rings. The molecule has 1 heterocycles. The van der Waals surface area contributed by atoms with E-state index in [1.165, 1.54) is 38.9 Å². The second-order valence-corrected chi connectivity index (χ2v) is 5.41. The highest BCUT2D eigenvalue weighted by Gasteiger charge is 2.17. The van der Waals surface area contributed by atoms with Crippen molar-refractivity contribution in [3.05, 3.63) is 29.3 Å². The zero-order valence-corrected chi connectivity index (χ0v) is 11.8. The van der Waals surface area contributed by atoms with E-state index in [-0.39, 0.29) is 0 Å². The largest absolute Gasteiger partial charge is 0.494 e. The number of ether oxygens (including phenoxy) is 1. The molecule has 0 radical (unpaired) electrons. The molecule has 0 saturated carbocycles. The van der Waals surface area contributed by atoms with E-state index in [0.717, 1.165) is 23.3 Å². The van der Waals surface area contributed by atoms with Crippen molar-refractivity contribution in [3.63, 3.8) is 0 Å². The summed E-state index contributed by atoms with van der Waals surface area (Å²) in [5.74, 6) is 1.76. The summed E-state index contributed by atoms with van der Waals surface area (Å²) in [7, 11) is 0. The van der Waals surface area contributed by atoms with Gasteiger partial charge in [0.2, 0.25) is 0 Å². The number of hydrogen-bond donors (Lipinski definition) is 0. The zero-order chi connectivity index (χ0) is 12.8. The van der Waals surface area contributed by atoms with E-state index in [9.17, 15) is 0 Å². The quantitative estimate of drug-likeness (QED) is 0.804. The van der Waals surface area contributed by atoms with E-state index in [1.807, 2.05) is 24.3 Å². The molecule has 2 rings (SSSR count). The van der Waals surface area contributed by atoms with E-state index < -0.39 is 0 Å². The van der Waals surface area contributed by atoms with Crippen LogP contribution in [-0.4, -0.2) is 31.1 Å². The molecular formula is C15H22ClNO. The summed E-state index contributed by atoms with van der Waals surface area (Å²) in [4.78, 5) is 2.52. The minimum atomic E-state index is 0.759. The Balaban J connectivity index is 1.65. The number of nitrogens with zero attached hydrogens (tertiary/aromatic N) is 1. The molecule has 100 valence electrons. The lowest BCUT2D eigenvalue weighted by Crippen LogP contribution is -2.33. The molecule has 0 amide bonds. The number of likely N-dealkylation sites (tertiary alicyclic amines) is 1. The van der Waals surface area contributed by atoms with E-state index in [0.29, 0.717) is 0 Å². The minimum Gasteiger partial charge on any atom is -0.494 e. The third-order valence-electron chi connectivity index (χ3n) is 3.76. The van der Waals surface area contributed by atoms with Gasteiger partial charge in [-0.05, 0) is 69.1 Å². The average Bonchev–Trinajstić information content (AvgIpc) is 2.42. The molecule has 2 nitrogen and oxygen atoms in total. The van der Waals surface area contributed by atoms with Gasteiger partial charge >= 0.3 is 0 Å². The van der Waals surface area contributed by atoms with Gasteiger partial charge in [0.25, 0.3) is 0 Å². The standard InChI is InChI=1S/C15H22ClNO/c1-2-17-10-7-13(8-11-17)9-12-18-15-5-3-14(16)4-6-15/h3-6,13H,2,7-12H2,1H3. The molecule has 0 atom stereocenters. The fourth-order valence-electron chi connectivity index (χ4n) is 2.47. The van der Waals surface area contributed by atoms with Crippen molar-refractivity contribution in [2.75, 3.05) is 26.2 Å². The predicted octanol–water partition coefficient (Wildman–Crippen LogP) is 3.84. The number of halogens is 1. The Labute approximate surface area is 115 Å². The molecule has 0 N–H and O–H groups in total. The molecule has 18 heavy (non-hydrogen) atoms. The van der Waals surface area contributed by atoms with Crippen LogP contribution in [-0.2, 0) is 0 Å². The van der Waals surface area contributed by atoms with Gasteiger partial charge in [-0.25, -0.2) is 0 Å². The maximum Gasteiger partial charge on any atom is 0.119 e. The van der Waals surface area contributed by atoms with E-state index in [2.05, 4.69) is 11.8 Å². The van der Waals surface area contributed by atoms with E-state index in [1.54, 1.807) is 0 Å². The molecule has 0 aliphatic carbocycles. The number of rotatable bonds is 5. The van der Waals surface area contributed by atoms with Gasteiger partial charge in [-0.15, -0.1) is 0 Å². The van der Waals surface area contributed by atoms with Crippen LogP contribution >= 0.6 is 11.6 Å². The second kappa shape index (κ2) is 7.01. The maximum absolute atomic E-state index is 5.83. The van der Waals surface area contributed by atoms with Gasteiger partial charge in [0.1, 0.15) is 5.75 Å². The SMILES string of the molecule is CCN1CCC(CCOc2ccc(Cl)cc2)CC1. The highest BCUT2D eigenvalue weighted by atomic mass is 35.5. The van der Waals surface area contributed by atoms with E-state index >= 15 is 0 Å². The van der Waals surface area contributed by atoms with Crippen LogP contribution in [0.25, 0.3) is 0 Å². The fraction of sp³-hybridized carbons (Fsp3) is 0.600. The third-order valence-corrected chi connectivity index (χ3v) is 4.01. The summed E-state index contributed by atoms with van der Waals surface area (Å²) in [5, 5.41) is 0.759. The van der Waals surface area contributed by atoms with Crippen LogP contribution in [0.2, 0.25) is 5.02 Å². The molecule has 0 spiro atoms. The van der Waals surface area contributed by atoms with Crippen molar-refractivity contribution in [1.29, 1.82) is 0 Å². The van der Waals surface area contributed by atoms with Crippen molar-refractivity contribution < 1.29 is 4.74 Å². The molecule has 1 fully saturated rings. The first-order valence-corrected chi connectivity index (χ1v) is 7.26. The summed E-state index contributed by atoms with van der Waals surface area (Å²) in [6.45, 7) is 6.75. The van der Waals surface area contributed by atoms with Gasteiger partial charge in [0.15, 0.2) is 0 Å². The van der Waals surface area contributed by atoms with Crippen molar-refractivity contribution in [2.24, 2.45) is 5.92 Å². The van der Waals surface area contributed by atoms with Gasteiger partial charge in [-0.3, -0.25) is 0 Å². The monoisotopic (exact) mass is 267 g/mol. The first kappa shape index (κ1) is 13.7. The molecule has 1 aliphatic heterocycles. The van der Waals surface area contributed by atoms with Crippen molar-refractivity contribution in [2.45, 2.75) is 26.2 Å². The van der Waals surface area contributed by atoms with Crippen LogP contribution in [0, 0.1) is 5.92 Å². The Kier molecular flexibility index (Phi) is 5.33. The topological polar surface area (TPSA) is 12.5 Å². The second-order valence-electron chi connectivity index (χ2n) is 4.97. The molecular weight excluding hydrogens is 246 g/mol. The molecule has 3 heteroatoms. The van der Waals surface area contributed by atoms with Gasteiger partial charge < -0.3 is 9.64 Å². The Hall–Kier alpha value is -0.730. The van der Waals surface area contributed by atoms with Crippen LogP contribution in [0.1, 0.15) is 26.2 Å². The van der Waals surface area contributed by atoms with Gasteiger partial charge in [0.05, 0.1) is 6.61 Å². The Morgan fingerprint density at radius 3 is 2.50 bits per heavy atom. The zero-order valence-electron chi connectivity index (χ0n) is 11.1. The van der Waals surface area contributed by atoms with Crippen LogP contribution < -0.4 is 4.74 Å². The third kappa shape index (κ3) is 4.18. The lowest BCUT2D eigenvalue weighted by atomic mass is 9.94. The molecule has 0 aromatic heterocycles. The highest BCUT2D eigenvalue weighted by Crippen LogP contribution is 2.21. The maximum atomic E-state index is 5.83. The van der Waals surface area contributed by atoms with Crippen molar-refractivity contribution in [3.8, 4) is 5.75 Å². The molecule has 1 aromatic carbocycles. The highest BCUT2D eigenvalue weighted by molar-refractivity contribution is 6.30. The fourth-order valence-corrected chi connectivity index (χ4v) is 2.59. The lowest BCUT2D eigenvalue weighted by molar-refractivity contribution is 0.169. The van der Waals surface area contributed by atoms with Crippen molar-refractivity contribution >= 4 is 11.6 Å². The average molecular weight is 268 g/mol. The number of benzene rings is 1. The number of hydrogen-bond acceptors (Lipinski definition) is 2. The lowest BCUT2D eigenvalue weighted by Gasteiger charge is -2.30. The molecule has 0 bridgehead atoms.